The molecular weight excluding hydrogens is 198 g/mol. The first-order valence-corrected chi connectivity index (χ1v) is 6.03. The topological polar surface area (TPSA) is 42.2 Å². The Morgan fingerprint density at radius 1 is 1.50 bits per heavy atom. The molecule has 1 fully saturated rings. The van der Waals surface area contributed by atoms with E-state index in [2.05, 4.69) is 29.8 Å². The van der Waals surface area contributed by atoms with E-state index in [1.165, 1.54) is 11.3 Å². The Morgan fingerprint density at radius 3 is 3.00 bits per heavy atom. The van der Waals surface area contributed by atoms with Crippen LogP contribution < -0.4 is 5.73 Å². The van der Waals surface area contributed by atoms with E-state index in [1.54, 1.807) is 0 Å². The second-order valence-electron chi connectivity index (χ2n) is 5.06. The monoisotopic (exact) mass is 219 g/mol. The smallest absolute Gasteiger partial charge is 0.0573 e. The van der Waals surface area contributed by atoms with E-state index >= 15 is 0 Å². The zero-order valence-electron chi connectivity index (χ0n) is 10.2. The van der Waals surface area contributed by atoms with E-state index in [1.807, 2.05) is 12.3 Å². The molecule has 0 bridgehead atoms. The van der Waals surface area contributed by atoms with Gasteiger partial charge >= 0.3 is 0 Å². The molecule has 3 nitrogen and oxygen atoms in total. The summed E-state index contributed by atoms with van der Waals surface area (Å²) in [5.41, 5.74) is 8.50. The van der Waals surface area contributed by atoms with Gasteiger partial charge in [0.15, 0.2) is 0 Å². The average molecular weight is 219 g/mol. The number of hydrogen-bond donors (Lipinski definition) is 1. The predicted octanol–water partition coefficient (Wildman–Crippen LogP) is 1.56. The Hall–Kier alpha value is -0.930. The Kier molecular flexibility index (Phi) is 3.56. The molecular formula is C13H21N3. The SMILES string of the molecule is Cc1cccnc1CN1CC(C)CC(N)C1. The van der Waals surface area contributed by atoms with Crippen molar-refractivity contribution >= 4 is 0 Å². The highest BCUT2D eigenvalue weighted by molar-refractivity contribution is 5.17. The van der Waals surface area contributed by atoms with Crippen molar-refractivity contribution in [2.75, 3.05) is 13.1 Å². The van der Waals surface area contributed by atoms with E-state index < -0.39 is 0 Å². The lowest BCUT2D eigenvalue weighted by molar-refractivity contribution is 0.156. The van der Waals surface area contributed by atoms with Gasteiger partial charge in [-0.3, -0.25) is 9.88 Å². The molecule has 0 amide bonds. The molecule has 2 rings (SSSR count). The number of piperidine rings is 1. The Balaban J connectivity index is 2.02. The van der Waals surface area contributed by atoms with Gasteiger partial charge in [0.2, 0.25) is 0 Å². The lowest BCUT2D eigenvalue weighted by atomic mass is 9.96. The maximum absolute atomic E-state index is 6.05. The molecule has 2 heterocycles. The average Bonchev–Trinajstić information content (AvgIpc) is 2.20. The van der Waals surface area contributed by atoms with Crippen molar-refractivity contribution in [3.05, 3.63) is 29.6 Å². The second kappa shape index (κ2) is 4.93. The van der Waals surface area contributed by atoms with E-state index in [0.29, 0.717) is 12.0 Å². The lowest BCUT2D eigenvalue weighted by Gasteiger charge is -2.34. The third-order valence-electron chi connectivity index (χ3n) is 3.26. The van der Waals surface area contributed by atoms with Crippen molar-refractivity contribution < 1.29 is 0 Å². The first kappa shape index (κ1) is 11.6. The fraction of sp³-hybridized carbons (Fsp3) is 0.615. The third-order valence-corrected chi connectivity index (χ3v) is 3.26. The Morgan fingerprint density at radius 2 is 2.31 bits per heavy atom. The van der Waals surface area contributed by atoms with Crippen LogP contribution in [-0.4, -0.2) is 29.0 Å². The van der Waals surface area contributed by atoms with Crippen LogP contribution in [0.5, 0.6) is 0 Å². The van der Waals surface area contributed by atoms with E-state index in [4.69, 9.17) is 5.73 Å². The summed E-state index contributed by atoms with van der Waals surface area (Å²) in [6.07, 6.45) is 3.02. The van der Waals surface area contributed by atoms with E-state index in [9.17, 15) is 0 Å². The van der Waals surface area contributed by atoms with Crippen molar-refractivity contribution in [1.82, 2.24) is 9.88 Å². The molecule has 1 aliphatic rings. The first-order chi connectivity index (χ1) is 7.65. The molecule has 3 heteroatoms. The molecule has 1 aromatic heterocycles. The minimum absolute atomic E-state index is 0.327. The van der Waals surface area contributed by atoms with Crippen LogP contribution in [0.4, 0.5) is 0 Å². The number of aryl methyl sites for hydroxylation is 1. The highest BCUT2D eigenvalue weighted by atomic mass is 15.2. The van der Waals surface area contributed by atoms with Crippen LogP contribution in [0.15, 0.2) is 18.3 Å². The Bertz CT molecular complexity index is 341. The molecule has 2 unspecified atom stereocenters. The zero-order chi connectivity index (χ0) is 11.5. The van der Waals surface area contributed by atoms with Gasteiger partial charge in [-0.05, 0) is 30.9 Å². The molecule has 2 N–H and O–H groups in total. The van der Waals surface area contributed by atoms with Gasteiger partial charge < -0.3 is 5.73 Å². The summed E-state index contributed by atoms with van der Waals surface area (Å²) in [4.78, 5) is 6.86. The number of rotatable bonds is 2. The highest BCUT2D eigenvalue weighted by Gasteiger charge is 2.22. The molecule has 0 spiro atoms. The molecule has 1 aromatic rings. The number of hydrogen-bond acceptors (Lipinski definition) is 3. The second-order valence-corrected chi connectivity index (χ2v) is 5.06. The third kappa shape index (κ3) is 2.80. The summed E-state index contributed by atoms with van der Waals surface area (Å²) in [6, 6.07) is 4.44. The van der Waals surface area contributed by atoms with Crippen molar-refractivity contribution in [2.45, 2.75) is 32.9 Å². The summed E-state index contributed by atoms with van der Waals surface area (Å²) in [6.45, 7) is 7.47. The number of aromatic nitrogens is 1. The minimum atomic E-state index is 0.327. The van der Waals surface area contributed by atoms with Crippen molar-refractivity contribution in [3.8, 4) is 0 Å². The summed E-state index contributed by atoms with van der Waals surface area (Å²) < 4.78 is 0. The van der Waals surface area contributed by atoms with E-state index in [-0.39, 0.29) is 0 Å². The summed E-state index contributed by atoms with van der Waals surface area (Å²) >= 11 is 0. The summed E-state index contributed by atoms with van der Waals surface area (Å²) in [7, 11) is 0. The molecule has 0 aromatic carbocycles. The van der Waals surface area contributed by atoms with Crippen LogP contribution >= 0.6 is 0 Å². The number of nitrogens with zero attached hydrogens (tertiary/aromatic N) is 2. The molecule has 1 aliphatic heterocycles. The largest absolute Gasteiger partial charge is 0.327 e. The summed E-state index contributed by atoms with van der Waals surface area (Å²) in [5, 5.41) is 0. The molecule has 0 aliphatic carbocycles. The quantitative estimate of drug-likeness (QED) is 0.820. The van der Waals surface area contributed by atoms with Gasteiger partial charge in [-0.25, -0.2) is 0 Å². The van der Waals surface area contributed by atoms with Gasteiger partial charge in [0.1, 0.15) is 0 Å². The number of likely N-dealkylation sites (tertiary alicyclic amines) is 1. The van der Waals surface area contributed by atoms with Crippen LogP contribution in [0.1, 0.15) is 24.6 Å². The van der Waals surface area contributed by atoms with Gasteiger partial charge in [0.25, 0.3) is 0 Å². The fourth-order valence-electron chi connectivity index (χ4n) is 2.54. The lowest BCUT2D eigenvalue weighted by Crippen LogP contribution is -2.45. The minimum Gasteiger partial charge on any atom is -0.327 e. The first-order valence-electron chi connectivity index (χ1n) is 6.03. The molecule has 2 atom stereocenters. The van der Waals surface area contributed by atoms with Gasteiger partial charge in [0, 0.05) is 31.9 Å². The van der Waals surface area contributed by atoms with Crippen molar-refractivity contribution in [2.24, 2.45) is 11.7 Å². The van der Waals surface area contributed by atoms with Gasteiger partial charge in [-0.2, -0.15) is 0 Å². The number of nitrogens with two attached hydrogens (primary N) is 1. The molecule has 0 radical (unpaired) electrons. The van der Waals surface area contributed by atoms with Crippen LogP contribution in [0, 0.1) is 12.8 Å². The molecule has 16 heavy (non-hydrogen) atoms. The van der Waals surface area contributed by atoms with Crippen molar-refractivity contribution in [3.63, 3.8) is 0 Å². The van der Waals surface area contributed by atoms with Crippen LogP contribution in [0.3, 0.4) is 0 Å². The maximum Gasteiger partial charge on any atom is 0.0573 e. The standard InChI is InChI=1S/C13H21N3/c1-10-6-12(14)8-16(7-10)9-13-11(2)4-3-5-15-13/h3-5,10,12H,6-9,14H2,1-2H3. The van der Waals surface area contributed by atoms with Gasteiger partial charge in [0.05, 0.1) is 5.69 Å². The van der Waals surface area contributed by atoms with Crippen molar-refractivity contribution in [1.29, 1.82) is 0 Å². The highest BCUT2D eigenvalue weighted by Crippen LogP contribution is 2.17. The van der Waals surface area contributed by atoms with Crippen LogP contribution in [0.25, 0.3) is 0 Å². The van der Waals surface area contributed by atoms with Crippen LogP contribution in [-0.2, 0) is 6.54 Å². The Labute approximate surface area is 97.7 Å². The summed E-state index contributed by atoms with van der Waals surface area (Å²) in [5.74, 6) is 0.702. The van der Waals surface area contributed by atoms with E-state index in [0.717, 1.165) is 26.1 Å². The molecule has 0 saturated carbocycles. The van der Waals surface area contributed by atoms with Gasteiger partial charge in [-0.15, -0.1) is 0 Å². The number of pyridine rings is 1. The normalized spacial score (nSPS) is 26.9. The molecule has 1 saturated heterocycles. The fourth-order valence-corrected chi connectivity index (χ4v) is 2.54. The zero-order valence-corrected chi connectivity index (χ0v) is 10.2. The maximum atomic E-state index is 6.05. The molecule has 88 valence electrons. The van der Waals surface area contributed by atoms with Crippen LogP contribution in [0.2, 0.25) is 0 Å². The van der Waals surface area contributed by atoms with Gasteiger partial charge in [-0.1, -0.05) is 13.0 Å². The predicted molar refractivity (Wildman–Crippen MR) is 66.0 cm³/mol.